The molecule has 1 amide bonds. The molecule has 3 aromatic rings. The van der Waals surface area contributed by atoms with Crippen LogP contribution >= 0.6 is 11.6 Å². The van der Waals surface area contributed by atoms with Crippen LogP contribution in [0.15, 0.2) is 36.5 Å². The van der Waals surface area contributed by atoms with Gasteiger partial charge in [-0.1, -0.05) is 23.7 Å². The summed E-state index contributed by atoms with van der Waals surface area (Å²) in [5.74, 6) is -0.225. The SMILES string of the molecule is Cc1cc(C(=O)Nc2ccccc2Cl)c2cnn(C(C)C)c2n1. The summed E-state index contributed by atoms with van der Waals surface area (Å²) >= 11 is 6.11. The first-order chi connectivity index (χ1) is 11.0. The van der Waals surface area contributed by atoms with Crippen LogP contribution in [-0.4, -0.2) is 20.7 Å². The lowest BCUT2D eigenvalue weighted by molar-refractivity contribution is 0.102. The molecule has 0 aliphatic heterocycles. The number of fused-ring (bicyclic) bond motifs is 1. The summed E-state index contributed by atoms with van der Waals surface area (Å²) in [6.45, 7) is 5.92. The summed E-state index contributed by atoms with van der Waals surface area (Å²) in [4.78, 5) is 17.2. The number of nitrogens with one attached hydrogen (secondary N) is 1. The Kier molecular flexibility index (Phi) is 4.05. The standard InChI is InChI=1S/C17H17ClN4O/c1-10(2)22-16-13(9-19-22)12(8-11(3)20-16)17(23)21-15-7-5-4-6-14(15)18/h4-10H,1-3H3,(H,21,23). The molecule has 1 N–H and O–H groups in total. The molecule has 1 aromatic carbocycles. The lowest BCUT2D eigenvalue weighted by Gasteiger charge is -2.10. The van der Waals surface area contributed by atoms with Crippen molar-refractivity contribution >= 4 is 34.2 Å². The van der Waals surface area contributed by atoms with E-state index in [0.717, 1.165) is 11.1 Å². The molecular weight excluding hydrogens is 312 g/mol. The van der Waals surface area contributed by atoms with Crippen molar-refractivity contribution in [1.82, 2.24) is 14.8 Å². The van der Waals surface area contributed by atoms with E-state index in [-0.39, 0.29) is 11.9 Å². The third kappa shape index (κ3) is 2.92. The summed E-state index contributed by atoms with van der Waals surface area (Å²) in [6.07, 6.45) is 1.68. The molecule has 5 nitrogen and oxygen atoms in total. The van der Waals surface area contributed by atoms with Gasteiger partial charge in [0.1, 0.15) is 0 Å². The third-order valence-electron chi connectivity index (χ3n) is 3.55. The van der Waals surface area contributed by atoms with Gasteiger partial charge in [-0.3, -0.25) is 4.79 Å². The number of nitrogens with zero attached hydrogens (tertiary/aromatic N) is 3. The fourth-order valence-corrected chi connectivity index (χ4v) is 2.64. The van der Waals surface area contributed by atoms with Crippen molar-refractivity contribution in [2.75, 3.05) is 5.32 Å². The van der Waals surface area contributed by atoms with Crippen molar-refractivity contribution in [2.45, 2.75) is 26.8 Å². The number of hydrogen-bond donors (Lipinski definition) is 1. The van der Waals surface area contributed by atoms with Crippen LogP contribution in [0.2, 0.25) is 5.02 Å². The van der Waals surface area contributed by atoms with E-state index in [0.29, 0.717) is 21.9 Å². The quantitative estimate of drug-likeness (QED) is 0.782. The molecule has 0 saturated carbocycles. The number of rotatable bonds is 3. The maximum atomic E-state index is 12.7. The van der Waals surface area contributed by atoms with Crippen molar-refractivity contribution in [3.63, 3.8) is 0 Å². The van der Waals surface area contributed by atoms with Gasteiger partial charge in [-0.25, -0.2) is 9.67 Å². The molecule has 3 rings (SSSR count). The van der Waals surface area contributed by atoms with Crippen LogP contribution in [0, 0.1) is 6.92 Å². The Hall–Kier alpha value is -2.40. The number of aryl methyl sites for hydroxylation is 1. The zero-order chi connectivity index (χ0) is 16.6. The second-order valence-electron chi connectivity index (χ2n) is 5.67. The Balaban J connectivity index is 2.05. The zero-order valence-electron chi connectivity index (χ0n) is 13.2. The number of pyridine rings is 1. The molecule has 2 aromatic heterocycles. The molecule has 2 heterocycles. The molecule has 0 spiro atoms. The number of benzene rings is 1. The van der Waals surface area contributed by atoms with Gasteiger partial charge in [-0.2, -0.15) is 5.10 Å². The van der Waals surface area contributed by atoms with Gasteiger partial charge in [0.15, 0.2) is 5.65 Å². The van der Waals surface area contributed by atoms with Gasteiger partial charge in [0.2, 0.25) is 0 Å². The van der Waals surface area contributed by atoms with Gasteiger partial charge >= 0.3 is 0 Å². The highest BCUT2D eigenvalue weighted by Gasteiger charge is 2.17. The van der Waals surface area contributed by atoms with E-state index in [1.165, 1.54) is 0 Å². The molecule has 6 heteroatoms. The van der Waals surface area contributed by atoms with Crippen LogP contribution in [0.25, 0.3) is 11.0 Å². The van der Waals surface area contributed by atoms with Gasteiger partial charge < -0.3 is 5.32 Å². The molecule has 0 fully saturated rings. The summed E-state index contributed by atoms with van der Waals surface area (Å²) in [5, 5.41) is 8.43. The van der Waals surface area contributed by atoms with Gasteiger partial charge in [0.25, 0.3) is 5.91 Å². The van der Waals surface area contributed by atoms with Gasteiger partial charge in [-0.15, -0.1) is 0 Å². The summed E-state index contributed by atoms with van der Waals surface area (Å²) in [7, 11) is 0. The fraction of sp³-hybridized carbons (Fsp3) is 0.235. The summed E-state index contributed by atoms with van der Waals surface area (Å²) in [6, 6.07) is 9.08. The van der Waals surface area contributed by atoms with Crippen LogP contribution in [0.1, 0.15) is 35.9 Å². The average Bonchev–Trinajstić information content (AvgIpc) is 2.92. The van der Waals surface area contributed by atoms with Crippen LogP contribution in [0.4, 0.5) is 5.69 Å². The minimum absolute atomic E-state index is 0.168. The van der Waals surface area contributed by atoms with Crippen LogP contribution in [-0.2, 0) is 0 Å². The number of carbonyl (C=O) groups excluding carboxylic acids is 1. The number of para-hydroxylation sites is 1. The minimum atomic E-state index is -0.225. The predicted molar refractivity (Wildman–Crippen MR) is 92.1 cm³/mol. The highest BCUT2D eigenvalue weighted by Crippen LogP contribution is 2.24. The number of carbonyl (C=O) groups is 1. The number of amides is 1. The highest BCUT2D eigenvalue weighted by molar-refractivity contribution is 6.34. The Labute approximate surface area is 139 Å². The molecule has 0 radical (unpaired) electrons. The zero-order valence-corrected chi connectivity index (χ0v) is 13.9. The van der Waals surface area contributed by atoms with Crippen molar-refractivity contribution in [3.05, 3.63) is 52.8 Å². The van der Waals surface area contributed by atoms with Crippen molar-refractivity contribution < 1.29 is 4.79 Å². The summed E-state index contributed by atoms with van der Waals surface area (Å²) in [5.41, 5.74) is 2.60. The number of anilines is 1. The lowest BCUT2D eigenvalue weighted by Crippen LogP contribution is -2.13. The third-order valence-corrected chi connectivity index (χ3v) is 3.88. The number of aromatic nitrogens is 3. The fourth-order valence-electron chi connectivity index (χ4n) is 2.46. The average molecular weight is 329 g/mol. The smallest absolute Gasteiger partial charge is 0.256 e. The van der Waals surface area contributed by atoms with Gasteiger partial charge in [-0.05, 0) is 39.0 Å². The minimum Gasteiger partial charge on any atom is -0.321 e. The normalized spacial score (nSPS) is 11.2. The van der Waals surface area contributed by atoms with Crippen LogP contribution < -0.4 is 5.32 Å². The van der Waals surface area contributed by atoms with E-state index in [1.54, 1.807) is 24.4 Å². The second-order valence-corrected chi connectivity index (χ2v) is 6.07. The first-order valence-corrected chi connectivity index (χ1v) is 7.76. The van der Waals surface area contributed by atoms with Gasteiger partial charge in [0.05, 0.1) is 27.9 Å². The second kappa shape index (κ2) is 6.01. The molecule has 0 unspecified atom stereocenters. The van der Waals surface area contributed by atoms with Crippen molar-refractivity contribution in [1.29, 1.82) is 0 Å². The first-order valence-electron chi connectivity index (χ1n) is 7.38. The molecule has 0 aliphatic rings. The molecule has 0 aliphatic carbocycles. The Bertz CT molecular complexity index is 885. The molecule has 0 saturated heterocycles. The molecular formula is C17H17ClN4O. The van der Waals surface area contributed by atoms with Crippen LogP contribution in [0.3, 0.4) is 0 Å². The summed E-state index contributed by atoms with van der Waals surface area (Å²) < 4.78 is 1.81. The van der Waals surface area contributed by atoms with E-state index in [9.17, 15) is 4.79 Å². The van der Waals surface area contributed by atoms with Crippen molar-refractivity contribution in [2.24, 2.45) is 0 Å². The Morgan fingerprint density at radius 3 is 2.74 bits per heavy atom. The highest BCUT2D eigenvalue weighted by atomic mass is 35.5. The van der Waals surface area contributed by atoms with Gasteiger partial charge in [0, 0.05) is 11.7 Å². The van der Waals surface area contributed by atoms with E-state index in [2.05, 4.69) is 15.4 Å². The Morgan fingerprint density at radius 2 is 2.04 bits per heavy atom. The van der Waals surface area contributed by atoms with E-state index >= 15 is 0 Å². The molecule has 23 heavy (non-hydrogen) atoms. The topological polar surface area (TPSA) is 59.8 Å². The Morgan fingerprint density at radius 1 is 1.30 bits per heavy atom. The molecule has 0 atom stereocenters. The maximum Gasteiger partial charge on any atom is 0.256 e. The maximum absolute atomic E-state index is 12.7. The predicted octanol–water partition coefficient (Wildman–Crippen LogP) is 4.23. The van der Waals surface area contributed by atoms with E-state index in [1.807, 2.05) is 37.6 Å². The monoisotopic (exact) mass is 328 g/mol. The van der Waals surface area contributed by atoms with Crippen molar-refractivity contribution in [3.8, 4) is 0 Å². The largest absolute Gasteiger partial charge is 0.321 e. The lowest BCUT2D eigenvalue weighted by atomic mass is 10.1. The molecule has 0 bridgehead atoms. The van der Waals surface area contributed by atoms with E-state index < -0.39 is 0 Å². The van der Waals surface area contributed by atoms with Crippen LogP contribution in [0.5, 0.6) is 0 Å². The first kappa shape index (κ1) is 15.5. The molecule has 118 valence electrons. The number of halogens is 1. The number of hydrogen-bond acceptors (Lipinski definition) is 3. The van der Waals surface area contributed by atoms with E-state index in [4.69, 9.17) is 11.6 Å².